The number of esters is 2. The summed E-state index contributed by atoms with van der Waals surface area (Å²) in [5.41, 5.74) is 26.9. The van der Waals surface area contributed by atoms with Gasteiger partial charge in [0.2, 0.25) is 0 Å². The summed E-state index contributed by atoms with van der Waals surface area (Å²) in [6.07, 6.45) is -4.98. The lowest BCUT2D eigenvalue weighted by molar-refractivity contribution is -0.233. The molecule has 2 aromatic rings. The Bertz CT molecular complexity index is 1750. The van der Waals surface area contributed by atoms with Crippen molar-refractivity contribution in [3.63, 3.8) is 0 Å². The molecule has 2 aliphatic rings. The van der Waals surface area contributed by atoms with Crippen LogP contribution in [0.15, 0.2) is 76.0 Å². The van der Waals surface area contributed by atoms with Crippen LogP contribution in [0.4, 0.5) is 4.79 Å². The zero-order valence-electron chi connectivity index (χ0n) is 27.4. The number of carbonyl (C=O) groups is 3. The Labute approximate surface area is 300 Å². The van der Waals surface area contributed by atoms with Gasteiger partial charge in [-0.05, 0) is 92.3 Å². The van der Waals surface area contributed by atoms with Gasteiger partial charge in [-0.15, -0.1) is 0 Å². The van der Waals surface area contributed by atoms with Crippen molar-refractivity contribution in [2.24, 2.45) is 15.3 Å². The summed E-state index contributed by atoms with van der Waals surface area (Å²) in [6, 6.07) is 7.95. The first-order chi connectivity index (χ1) is 24.3. The lowest BCUT2D eigenvalue weighted by Gasteiger charge is -2.45. The first-order valence-electron chi connectivity index (χ1n) is 15.3. The third-order valence-electron chi connectivity index (χ3n) is 7.38. The molecule has 8 atom stereocenters. The van der Waals surface area contributed by atoms with Gasteiger partial charge in [-0.1, -0.05) is 50.7 Å². The number of hydrogen-bond acceptors (Lipinski definition) is 11. The van der Waals surface area contributed by atoms with Gasteiger partial charge in [0.05, 0.1) is 35.9 Å². The van der Waals surface area contributed by atoms with Gasteiger partial charge in [-0.25, -0.2) is 14.4 Å². The summed E-state index contributed by atoms with van der Waals surface area (Å²) >= 11 is 12.0. The summed E-state index contributed by atoms with van der Waals surface area (Å²) in [6.45, 7) is 4.77. The molecule has 2 aromatic carbocycles. The molecule has 0 saturated heterocycles. The first-order valence-corrected chi connectivity index (χ1v) is 16.1. The fourth-order valence-electron chi connectivity index (χ4n) is 5.22. The van der Waals surface area contributed by atoms with Crippen molar-refractivity contribution in [1.82, 2.24) is 5.32 Å². The molecule has 1 aliphatic carbocycles. The fraction of sp³-hybridized carbons (Fsp3) is 0.452. The zero-order valence-corrected chi connectivity index (χ0v) is 28.9. The average molecular weight is 744 g/mol. The second kappa shape index (κ2) is 17.7. The van der Waals surface area contributed by atoms with E-state index in [1.165, 1.54) is 60.7 Å². The highest BCUT2D eigenvalue weighted by Gasteiger charge is 2.52. The Balaban J connectivity index is 1.82. The first kappa shape index (κ1) is 38.6. The molecular weight excluding hydrogens is 711 g/mol. The van der Waals surface area contributed by atoms with Crippen LogP contribution >= 0.6 is 23.2 Å². The predicted molar refractivity (Wildman–Crippen MR) is 182 cm³/mol. The smallest absolute Gasteiger partial charge is 0.408 e. The van der Waals surface area contributed by atoms with Crippen molar-refractivity contribution >= 4 is 41.2 Å². The minimum Gasteiger partial charge on any atom is -0.452 e. The van der Waals surface area contributed by atoms with Crippen molar-refractivity contribution in [2.75, 3.05) is 6.54 Å². The Kier molecular flexibility index (Phi) is 13.4. The highest BCUT2D eigenvalue weighted by molar-refractivity contribution is 6.31. The van der Waals surface area contributed by atoms with Crippen molar-refractivity contribution in [1.29, 1.82) is 0 Å². The molecule has 1 saturated carbocycles. The van der Waals surface area contributed by atoms with Crippen molar-refractivity contribution in [3.8, 4) is 0 Å². The Morgan fingerprint density at radius 3 is 1.94 bits per heavy atom. The van der Waals surface area contributed by atoms with Crippen LogP contribution in [-0.4, -0.2) is 79.0 Å². The predicted octanol–water partition coefficient (Wildman–Crippen LogP) is 7.38. The van der Waals surface area contributed by atoms with Crippen LogP contribution in [0.5, 0.6) is 0 Å². The quantitative estimate of drug-likeness (QED) is 0.0605. The van der Waals surface area contributed by atoms with E-state index in [0.717, 1.165) is 0 Å². The molecule has 0 aromatic heterocycles. The monoisotopic (exact) mass is 742 g/mol. The van der Waals surface area contributed by atoms with Crippen LogP contribution in [0.25, 0.3) is 31.3 Å². The SMILES string of the molecule is CC(C)(C)OC(=O)N[C@@H]1CC(N=[N+]=[N-])C(O[C@H]2OC(CN=[N+]=[N-])C=CC2N=[N+]=[N-])[C@H](OC(=O)c2ccc(Cl)cc2)C1OC(=O)c1ccc(Cl)cc1. The van der Waals surface area contributed by atoms with Gasteiger partial charge in [0.25, 0.3) is 0 Å². The Hall–Kier alpha value is -5.18. The average Bonchev–Trinajstić information content (AvgIpc) is 3.07. The molecule has 1 aliphatic heterocycles. The number of carbonyl (C=O) groups excluding carboxylic acids is 3. The van der Waals surface area contributed by atoms with E-state index in [1.54, 1.807) is 20.8 Å². The van der Waals surface area contributed by atoms with Gasteiger partial charge in [-0.2, -0.15) is 0 Å². The molecule has 18 nitrogen and oxygen atoms in total. The summed E-state index contributed by atoms with van der Waals surface area (Å²) in [5, 5.41) is 14.4. The second-order valence-corrected chi connectivity index (χ2v) is 13.0. The van der Waals surface area contributed by atoms with Crippen LogP contribution in [0.3, 0.4) is 0 Å². The summed E-state index contributed by atoms with van der Waals surface area (Å²) in [7, 11) is 0. The number of ether oxygens (including phenoxy) is 5. The lowest BCUT2D eigenvalue weighted by Crippen LogP contribution is -2.64. The number of hydrogen-bond donors (Lipinski definition) is 1. The normalized spacial score (nSPS) is 25.5. The van der Waals surface area contributed by atoms with Gasteiger partial charge in [0.1, 0.15) is 17.7 Å². The molecule has 5 unspecified atom stereocenters. The number of amides is 1. The molecular formula is C31H32Cl2N10O8. The molecule has 0 spiro atoms. The molecule has 20 heteroatoms. The maximum Gasteiger partial charge on any atom is 0.408 e. The standard InChI is InChI=1S/C31H32Cl2N10O8/c1-31(2,3)51-30(46)38-22-14-23(40-43-36)25(50-29-21(39-42-35)13-12-20(47-29)15-37-41-34)26(49-28(45)17-6-10-19(33)11-7-17)24(22)48-27(44)16-4-8-18(32)9-5-16/h4-13,20-26,29H,14-15H2,1-3H3,(H,38,46)/t20?,21?,22-,23?,24?,25?,26-,29-/m1/s1. The molecule has 268 valence electrons. The second-order valence-electron chi connectivity index (χ2n) is 12.2. The van der Waals surface area contributed by atoms with E-state index < -0.39 is 72.5 Å². The van der Waals surface area contributed by atoms with E-state index in [1.807, 2.05) is 0 Å². The number of benzene rings is 2. The molecule has 1 N–H and O–H groups in total. The van der Waals surface area contributed by atoms with Crippen LogP contribution in [0.1, 0.15) is 47.9 Å². The largest absolute Gasteiger partial charge is 0.452 e. The van der Waals surface area contributed by atoms with E-state index >= 15 is 0 Å². The van der Waals surface area contributed by atoms with Gasteiger partial charge in [0, 0.05) is 24.8 Å². The number of nitrogens with one attached hydrogen (secondary N) is 1. The van der Waals surface area contributed by atoms with Crippen LogP contribution in [0.2, 0.25) is 10.0 Å². The third-order valence-corrected chi connectivity index (χ3v) is 7.88. The zero-order chi connectivity index (χ0) is 37.1. The third kappa shape index (κ3) is 10.9. The minimum absolute atomic E-state index is 0.0433. The highest BCUT2D eigenvalue weighted by Crippen LogP contribution is 2.34. The lowest BCUT2D eigenvalue weighted by atomic mass is 9.83. The molecule has 0 radical (unpaired) electrons. The molecule has 1 fully saturated rings. The van der Waals surface area contributed by atoms with Crippen molar-refractivity contribution < 1.29 is 38.1 Å². The van der Waals surface area contributed by atoms with E-state index in [9.17, 15) is 25.4 Å². The topological polar surface area (TPSA) is 256 Å². The number of rotatable bonds is 11. The number of alkyl carbamates (subject to hydrolysis) is 1. The van der Waals surface area contributed by atoms with E-state index in [0.29, 0.717) is 10.0 Å². The van der Waals surface area contributed by atoms with Crippen molar-refractivity contribution in [3.05, 3.63) is 113 Å². The van der Waals surface area contributed by atoms with Gasteiger partial charge >= 0.3 is 18.0 Å². The molecule has 1 amide bonds. The molecule has 51 heavy (non-hydrogen) atoms. The summed E-state index contributed by atoms with van der Waals surface area (Å²) in [4.78, 5) is 48.9. The van der Waals surface area contributed by atoms with Gasteiger partial charge < -0.3 is 29.0 Å². The maximum absolute atomic E-state index is 13.7. The fourth-order valence-corrected chi connectivity index (χ4v) is 5.47. The minimum atomic E-state index is -1.62. The van der Waals surface area contributed by atoms with Crippen molar-refractivity contribution in [2.45, 2.75) is 81.6 Å². The Morgan fingerprint density at radius 2 is 1.41 bits per heavy atom. The summed E-state index contributed by atoms with van der Waals surface area (Å²) < 4.78 is 29.7. The number of azide groups is 3. The van der Waals surface area contributed by atoms with E-state index in [-0.39, 0.29) is 24.1 Å². The molecule has 1 heterocycles. The van der Waals surface area contributed by atoms with E-state index in [2.05, 4.69) is 35.4 Å². The molecule has 0 bridgehead atoms. The maximum atomic E-state index is 13.7. The number of halogens is 2. The summed E-state index contributed by atoms with van der Waals surface area (Å²) in [5.74, 6) is -1.81. The van der Waals surface area contributed by atoms with Crippen LogP contribution in [-0.2, 0) is 23.7 Å². The highest BCUT2D eigenvalue weighted by atomic mass is 35.5. The van der Waals surface area contributed by atoms with E-state index in [4.69, 9.17) is 52.4 Å². The Morgan fingerprint density at radius 1 is 0.843 bits per heavy atom. The van der Waals surface area contributed by atoms with Gasteiger partial charge in [-0.3, -0.25) is 0 Å². The van der Waals surface area contributed by atoms with Crippen LogP contribution < -0.4 is 5.32 Å². The molecule has 4 rings (SSSR count). The van der Waals surface area contributed by atoms with Gasteiger partial charge in [0.15, 0.2) is 18.5 Å². The number of nitrogens with zero attached hydrogens (tertiary/aromatic N) is 9. The van der Waals surface area contributed by atoms with Crippen LogP contribution in [0, 0.1) is 0 Å².